The van der Waals surface area contributed by atoms with Crippen LogP contribution in [0.2, 0.25) is 0 Å². The maximum Gasteiger partial charge on any atom is 0.416 e. The summed E-state index contributed by atoms with van der Waals surface area (Å²) in [6.45, 7) is 0.727. The fourth-order valence-corrected chi connectivity index (χ4v) is 5.54. The lowest BCUT2D eigenvalue weighted by Gasteiger charge is -2.26. The number of aliphatic hydroxyl groups excluding tert-OH is 1. The molecule has 0 aliphatic heterocycles. The number of carbonyl (C=O) groups is 1. The van der Waals surface area contributed by atoms with Crippen LogP contribution >= 0.6 is 0 Å². The summed E-state index contributed by atoms with van der Waals surface area (Å²) in [6.07, 6.45) is -9.23. The molecule has 0 aliphatic carbocycles. The van der Waals surface area contributed by atoms with E-state index in [4.69, 9.17) is 18.9 Å². The number of methoxy groups -OCH3 is 4. The van der Waals surface area contributed by atoms with Crippen molar-refractivity contribution in [2.75, 3.05) is 51.7 Å². The molecule has 0 aliphatic rings. The Hall–Kier alpha value is -5.89. The zero-order valence-electron chi connectivity index (χ0n) is 31.1. The minimum Gasteiger partial charge on any atom is -0.493 e. The molecule has 0 saturated carbocycles. The number of anilines is 2. The summed E-state index contributed by atoms with van der Waals surface area (Å²) in [4.78, 5) is 14.6. The van der Waals surface area contributed by atoms with Gasteiger partial charge in [-0.15, -0.1) is 0 Å². The number of halogens is 6. The molecule has 0 spiro atoms. The smallest absolute Gasteiger partial charge is 0.416 e. The number of hydrogen-bond donors (Lipinski definition) is 2. The van der Waals surface area contributed by atoms with Crippen molar-refractivity contribution in [3.05, 3.63) is 143 Å². The highest BCUT2D eigenvalue weighted by molar-refractivity contribution is 5.97. The van der Waals surface area contributed by atoms with Crippen LogP contribution in [0.3, 0.4) is 0 Å². The zero-order valence-corrected chi connectivity index (χ0v) is 31.1. The number of alkyl halides is 6. The van der Waals surface area contributed by atoms with Gasteiger partial charge in [-0.3, -0.25) is 4.79 Å². The minimum absolute atomic E-state index is 0.129. The first-order valence-electron chi connectivity index (χ1n) is 17.2. The number of benzene rings is 5. The number of nitrogens with one attached hydrogen (secondary N) is 1. The van der Waals surface area contributed by atoms with Crippen LogP contribution in [0.1, 0.15) is 33.9 Å². The van der Waals surface area contributed by atoms with Gasteiger partial charge in [-0.1, -0.05) is 54.6 Å². The Bertz CT molecular complexity index is 1990. The Balaban J connectivity index is 0.000000265. The topological polar surface area (TPSA) is 89.5 Å². The second kappa shape index (κ2) is 19.6. The van der Waals surface area contributed by atoms with Crippen molar-refractivity contribution in [3.8, 4) is 23.0 Å². The van der Waals surface area contributed by atoms with Gasteiger partial charge in [0.2, 0.25) is 0 Å². The summed E-state index contributed by atoms with van der Waals surface area (Å²) in [7, 11) is 6.08. The van der Waals surface area contributed by atoms with Gasteiger partial charge in [-0.2, -0.15) is 26.3 Å². The molecule has 298 valence electrons. The van der Waals surface area contributed by atoms with Gasteiger partial charge in [-0.25, -0.2) is 0 Å². The Labute approximate surface area is 321 Å². The monoisotopic (exact) mass is 784 g/mol. The molecule has 0 unspecified atom stereocenters. The number of carbonyl (C=O) groups excluding carboxylic acids is 1. The molecule has 5 rings (SSSR count). The fourth-order valence-electron chi connectivity index (χ4n) is 5.54. The molecule has 0 fully saturated rings. The van der Waals surface area contributed by atoms with Crippen LogP contribution in [0.5, 0.6) is 23.0 Å². The molecular weight excluding hydrogens is 742 g/mol. The van der Waals surface area contributed by atoms with Crippen LogP contribution < -0.4 is 29.2 Å². The first-order valence-corrected chi connectivity index (χ1v) is 17.2. The summed E-state index contributed by atoms with van der Waals surface area (Å²) < 4.78 is 96.9. The first kappa shape index (κ1) is 42.8. The molecule has 0 aromatic heterocycles. The van der Waals surface area contributed by atoms with Gasteiger partial charge in [0.15, 0.2) is 29.1 Å². The predicted octanol–water partition coefficient (Wildman–Crippen LogP) is 9.41. The van der Waals surface area contributed by atoms with E-state index in [1.165, 1.54) is 43.4 Å². The molecule has 56 heavy (non-hydrogen) atoms. The molecule has 0 radical (unpaired) electrons. The molecule has 5 aromatic rings. The van der Waals surface area contributed by atoms with E-state index in [9.17, 15) is 36.2 Å². The standard InChI is InChI=1S/C25H24F3NO4.C17H18F3NO2/c1-32-21-13-12-20(16-22(21)33-2)29(24(31)23(30)18-6-4-3-5-7-18)15-14-17-8-10-19(11-9-17)25(26,27)28;1-22-15-8-7-14(11-16(15)23-2)21-10-9-12-3-5-13(6-4-12)17(18,19)20/h3-13,16,23,30H,14-15H2,1-2H3;3-8,11,21H,9-10H2,1-2H3/t23-;/m1./s1. The molecular formula is C42H42F6N2O6. The van der Waals surface area contributed by atoms with Crippen LogP contribution in [-0.2, 0) is 30.0 Å². The second-order valence-electron chi connectivity index (χ2n) is 12.2. The van der Waals surface area contributed by atoms with Crippen molar-refractivity contribution < 1.29 is 55.2 Å². The van der Waals surface area contributed by atoms with Crippen molar-refractivity contribution in [2.24, 2.45) is 0 Å². The molecule has 2 N–H and O–H groups in total. The van der Waals surface area contributed by atoms with E-state index in [2.05, 4.69) is 5.32 Å². The number of aliphatic hydroxyl groups is 1. The predicted molar refractivity (Wildman–Crippen MR) is 202 cm³/mol. The average Bonchev–Trinajstić information content (AvgIpc) is 3.20. The number of amides is 1. The van der Waals surface area contributed by atoms with Crippen molar-refractivity contribution in [1.29, 1.82) is 0 Å². The molecule has 5 aromatic carbocycles. The molecule has 8 nitrogen and oxygen atoms in total. The van der Waals surface area contributed by atoms with E-state index >= 15 is 0 Å². The van der Waals surface area contributed by atoms with Gasteiger partial charge in [0, 0.05) is 36.6 Å². The Kier molecular flexibility index (Phi) is 15.0. The van der Waals surface area contributed by atoms with E-state index in [1.54, 1.807) is 68.8 Å². The third-order valence-corrected chi connectivity index (χ3v) is 8.61. The Morgan fingerprint density at radius 2 is 1.11 bits per heavy atom. The highest BCUT2D eigenvalue weighted by Crippen LogP contribution is 2.34. The third-order valence-electron chi connectivity index (χ3n) is 8.61. The van der Waals surface area contributed by atoms with Crippen LogP contribution in [0.4, 0.5) is 37.7 Å². The van der Waals surface area contributed by atoms with Crippen LogP contribution in [0.25, 0.3) is 0 Å². The normalized spacial score (nSPS) is 11.8. The Morgan fingerprint density at radius 3 is 1.61 bits per heavy atom. The lowest BCUT2D eigenvalue weighted by Crippen LogP contribution is -2.37. The van der Waals surface area contributed by atoms with Gasteiger partial charge in [0.25, 0.3) is 5.91 Å². The van der Waals surface area contributed by atoms with E-state index < -0.39 is 35.5 Å². The maximum atomic E-state index is 13.3. The summed E-state index contributed by atoms with van der Waals surface area (Å²) >= 11 is 0. The van der Waals surface area contributed by atoms with Gasteiger partial charge in [0.1, 0.15) is 0 Å². The molecule has 0 heterocycles. The van der Waals surface area contributed by atoms with Gasteiger partial charge >= 0.3 is 12.4 Å². The Morgan fingerprint density at radius 1 is 0.625 bits per heavy atom. The summed E-state index contributed by atoms with van der Waals surface area (Å²) in [5.74, 6) is 1.56. The quantitative estimate of drug-likeness (QED) is 0.109. The van der Waals surface area contributed by atoms with Crippen molar-refractivity contribution in [1.82, 2.24) is 0 Å². The maximum absolute atomic E-state index is 13.3. The fraction of sp³-hybridized carbons (Fsp3) is 0.262. The van der Waals surface area contributed by atoms with Crippen molar-refractivity contribution in [3.63, 3.8) is 0 Å². The molecule has 0 bridgehead atoms. The van der Waals surface area contributed by atoms with E-state index in [1.807, 2.05) is 12.1 Å². The minimum atomic E-state index is -4.42. The lowest BCUT2D eigenvalue weighted by atomic mass is 10.1. The van der Waals surface area contributed by atoms with Gasteiger partial charge in [-0.05, 0) is 78.1 Å². The summed E-state index contributed by atoms with van der Waals surface area (Å²) in [5, 5.41) is 13.9. The van der Waals surface area contributed by atoms with E-state index in [0.717, 1.165) is 35.5 Å². The highest BCUT2D eigenvalue weighted by Gasteiger charge is 2.31. The molecule has 0 saturated heterocycles. The summed E-state index contributed by atoms with van der Waals surface area (Å²) in [5.41, 5.74) is 1.84. The van der Waals surface area contributed by atoms with Crippen LogP contribution in [-0.4, -0.2) is 52.5 Å². The number of nitrogens with zero attached hydrogens (tertiary/aromatic N) is 1. The molecule has 14 heteroatoms. The average molecular weight is 785 g/mol. The number of rotatable bonds is 14. The highest BCUT2D eigenvalue weighted by atomic mass is 19.4. The van der Waals surface area contributed by atoms with Crippen LogP contribution in [0, 0.1) is 0 Å². The molecule has 1 amide bonds. The van der Waals surface area contributed by atoms with Crippen molar-refractivity contribution >= 4 is 17.3 Å². The van der Waals surface area contributed by atoms with Gasteiger partial charge in [0.05, 0.1) is 39.6 Å². The zero-order chi connectivity index (χ0) is 40.9. The molecule has 1 atom stereocenters. The number of hydrogen-bond acceptors (Lipinski definition) is 7. The van der Waals surface area contributed by atoms with Gasteiger partial charge < -0.3 is 34.3 Å². The largest absolute Gasteiger partial charge is 0.493 e. The van der Waals surface area contributed by atoms with Crippen LogP contribution in [0.15, 0.2) is 115 Å². The van der Waals surface area contributed by atoms with E-state index in [0.29, 0.717) is 52.8 Å². The second-order valence-corrected chi connectivity index (χ2v) is 12.2. The van der Waals surface area contributed by atoms with E-state index in [-0.39, 0.29) is 13.0 Å². The lowest BCUT2D eigenvalue weighted by molar-refractivity contribution is -0.138. The number of ether oxygens (including phenoxy) is 4. The van der Waals surface area contributed by atoms with Crippen molar-refractivity contribution in [2.45, 2.75) is 31.3 Å². The third kappa shape index (κ3) is 11.8. The first-order chi connectivity index (χ1) is 26.7. The summed E-state index contributed by atoms with van der Waals surface area (Å²) in [6, 6.07) is 28.9. The SMILES string of the molecule is COc1ccc(N(CCc2ccc(C(F)(F)F)cc2)C(=O)[C@H](O)c2ccccc2)cc1OC.COc1ccc(NCCc2ccc(C(F)(F)F)cc2)cc1OC.